The van der Waals surface area contributed by atoms with Crippen LogP contribution >= 0.6 is 0 Å². The lowest BCUT2D eigenvalue weighted by Gasteiger charge is -2.07. The van der Waals surface area contributed by atoms with Gasteiger partial charge in [0.15, 0.2) is 11.6 Å². The SMILES string of the molecule is CC1=N/C(=C\c2c(C)nn(-c3ccc(C)c(C)c3)c2C)C(=O)O1. The minimum atomic E-state index is -0.416. The molecule has 0 fully saturated rings. The molecule has 0 radical (unpaired) electrons. The number of carbonyl (C=O) groups is 1. The molecule has 0 spiro atoms. The number of cyclic esters (lactones) is 1. The van der Waals surface area contributed by atoms with Gasteiger partial charge >= 0.3 is 5.97 Å². The Balaban J connectivity index is 2.08. The molecule has 0 aliphatic carbocycles. The molecule has 1 aromatic carbocycles. The maximum atomic E-state index is 11.7. The van der Waals surface area contributed by atoms with Gasteiger partial charge in [0.25, 0.3) is 0 Å². The van der Waals surface area contributed by atoms with E-state index in [0.29, 0.717) is 11.6 Å². The van der Waals surface area contributed by atoms with Crippen molar-refractivity contribution in [3.63, 3.8) is 0 Å². The summed E-state index contributed by atoms with van der Waals surface area (Å²) in [5, 5.41) is 4.61. The first kappa shape index (κ1) is 15.2. The van der Waals surface area contributed by atoms with Crippen molar-refractivity contribution in [1.82, 2.24) is 9.78 Å². The number of aliphatic imine (C=N–C) groups is 1. The topological polar surface area (TPSA) is 56.5 Å². The molecule has 2 aromatic rings. The van der Waals surface area contributed by atoms with E-state index in [9.17, 15) is 4.79 Å². The average molecular weight is 309 g/mol. The standard InChI is InChI=1S/C18H19N3O2/c1-10-6-7-15(8-11(10)2)21-13(4)16(12(3)20-21)9-17-18(22)23-14(5)19-17/h6-9H,1-5H3/b17-9-. The van der Waals surface area contributed by atoms with E-state index in [1.165, 1.54) is 11.1 Å². The number of aryl methyl sites for hydroxylation is 3. The Morgan fingerprint density at radius 1 is 1.09 bits per heavy atom. The second-order valence-electron chi connectivity index (χ2n) is 5.81. The summed E-state index contributed by atoms with van der Waals surface area (Å²) in [5.74, 6) is -0.0432. The van der Waals surface area contributed by atoms with E-state index in [4.69, 9.17) is 4.74 Å². The van der Waals surface area contributed by atoms with Crippen molar-refractivity contribution in [2.45, 2.75) is 34.6 Å². The predicted molar refractivity (Wildman–Crippen MR) is 89.7 cm³/mol. The fraction of sp³-hybridized carbons (Fsp3) is 0.278. The molecule has 118 valence electrons. The zero-order valence-electron chi connectivity index (χ0n) is 14.0. The van der Waals surface area contributed by atoms with Crippen molar-refractivity contribution in [2.24, 2.45) is 4.99 Å². The van der Waals surface area contributed by atoms with Crippen LogP contribution in [-0.2, 0) is 9.53 Å². The van der Waals surface area contributed by atoms with Crippen LogP contribution in [0.5, 0.6) is 0 Å². The maximum Gasteiger partial charge on any atom is 0.363 e. The second kappa shape index (κ2) is 5.50. The fourth-order valence-electron chi connectivity index (χ4n) is 2.62. The van der Waals surface area contributed by atoms with E-state index in [2.05, 4.69) is 36.1 Å². The Bertz CT molecular complexity index is 873. The molecule has 0 atom stereocenters. The van der Waals surface area contributed by atoms with Crippen LogP contribution in [0.1, 0.15) is 35.0 Å². The van der Waals surface area contributed by atoms with Crippen LogP contribution in [0, 0.1) is 27.7 Å². The number of nitrogens with zero attached hydrogens (tertiary/aromatic N) is 3. The average Bonchev–Trinajstić information content (AvgIpc) is 2.95. The van der Waals surface area contributed by atoms with Crippen LogP contribution in [0.2, 0.25) is 0 Å². The highest BCUT2D eigenvalue weighted by Gasteiger charge is 2.21. The van der Waals surface area contributed by atoms with Crippen LogP contribution in [0.15, 0.2) is 28.9 Å². The van der Waals surface area contributed by atoms with Gasteiger partial charge in [-0.15, -0.1) is 0 Å². The van der Waals surface area contributed by atoms with Gasteiger partial charge in [-0.05, 0) is 57.0 Å². The van der Waals surface area contributed by atoms with Crippen molar-refractivity contribution in [1.29, 1.82) is 0 Å². The summed E-state index contributed by atoms with van der Waals surface area (Å²) < 4.78 is 6.86. The molecular weight excluding hydrogens is 290 g/mol. The third-order valence-corrected chi connectivity index (χ3v) is 4.09. The molecule has 1 aliphatic heterocycles. The van der Waals surface area contributed by atoms with Gasteiger partial charge < -0.3 is 4.74 Å². The first-order valence-corrected chi connectivity index (χ1v) is 7.50. The number of hydrogen-bond acceptors (Lipinski definition) is 4. The number of carbonyl (C=O) groups excluding carboxylic acids is 1. The third kappa shape index (κ3) is 2.70. The molecule has 0 unspecified atom stereocenters. The molecule has 3 rings (SSSR count). The van der Waals surface area contributed by atoms with Gasteiger partial charge in [0.1, 0.15) is 0 Å². The van der Waals surface area contributed by atoms with Gasteiger partial charge in [0.05, 0.1) is 11.4 Å². The van der Waals surface area contributed by atoms with Gasteiger partial charge in [0.2, 0.25) is 0 Å². The number of benzene rings is 1. The van der Waals surface area contributed by atoms with E-state index in [1.807, 2.05) is 24.6 Å². The summed E-state index contributed by atoms with van der Waals surface area (Å²) in [6.45, 7) is 9.74. The van der Waals surface area contributed by atoms with Crippen molar-refractivity contribution in [2.75, 3.05) is 0 Å². The van der Waals surface area contributed by atoms with E-state index < -0.39 is 5.97 Å². The number of hydrogen-bond donors (Lipinski definition) is 0. The van der Waals surface area contributed by atoms with Gasteiger partial charge in [-0.2, -0.15) is 5.10 Å². The largest absolute Gasteiger partial charge is 0.407 e. The van der Waals surface area contributed by atoms with Crippen LogP contribution in [0.3, 0.4) is 0 Å². The molecule has 0 amide bonds. The monoisotopic (exact) mass is 309 g/mol. The zero-order chi connectivity index (χ0) is 16.7. The van der Waals surface area contributed by atoms with Gasteiger partial charge in [-0.25, -0.2) is 14.5 Å². The highest BCUT2D eigenvalue weighted by Crippen LogP contribution is 2.24. The quantitative estimate of drug-likeness (QED) is 0.631. The molecule has 0 saturated carbocycles. The molecule has 1 aromatic heterocycles. The minimum Gasteiger partial charge on any atom is -0.407 e. The molecule has 0 N–H and O–H groups in total. The molecule has 0 saturated heterocycles. The molecule has 5 nitrogen and oxygen atoms in total. The first-order chi connectivity index (χ1) is 10.9. The molecule has 1 aliphatic rings. The molecule has 0 bridgehead atoms. The summed E-state index contributed by atoms with van der Waals surface area (Å²) in [6, 6.07) is 6.24. The van der Waals surface area contributed by atoms with Crippen LogP contribution in [0.4, 0.5) is 0 Å². The van der Waals surface area contributed by atoms with Crippen molar-refractivity contribution in [3.8, 4) is 5.69 Å². The number of ether oxygens (including phenoxy) is 1. The second-order valence-corrected chi connectivity index (χ2v) is 5.81. The van der Waals surface area contributed by atoms with E-state index in [0.717, 1.165) is 22.6 Å². The summed E-state index contributed by atoms with van der Waals surface area (Å²) >= 11 is 0. The van der Waals surface area contributed by atoms with Crippen molar-refractivity contribution >= 4 is 17.9 Å². The number of rotatable bonds is 2. The van der Waals surface area contributed by atoms with Crippen LogP contribution < -0.4 is 0 Å². The Morgan fingerprint density at radius 2 is 1.83 bits per heavy atom. The molecule has 5 heteroatoms. The predicted octanol–water partition coefficient (Wildman–Crippen LogP) is 3.42. The normalized spacial score (nSPS) is 16.0. The Labute approximate surface area is 135 Å². The Morgan fingerprint density at radius 3 is 2.43 bits per heavy atom. The highest BCUT2D eigenvalue weighted by molar-refractivity contribution is 6.06. The summed E-state index contributed by atoms with van der Waals surface area (Å²) in [7, 11) is 0. The lowest BCUT2D eigenvalue weighted by molar-refractivity contribution is -0.130. The van der Waals surface area contributed by atoms with Crippen LogP contribution in [-0.4, -0.2) is 21.6 Å². The van der Waals surface area contributed by atoms with E-state index >= 15 is 0 Å². The maximum absolute atomic E-state index is 11.7. The lowest BCUT2D eigenvalue weighted by Crippen LogP contribution is -2.01. The molecule has 23 heavy (non-hydrogen) atoms. The molecule has 2 heterocycles. The van der Waals surface area contributed by atoms with Crippen LogP contribution in [0.25, 0.3) is 11.8 Å². The number of esters is 1. The summed E-state index contributed by atoms with van der Waals surface area (Å²) in [5.41, 5.74) is 6.49. The lowest BCUT2D eigenvalue weighted by atomic mass is 10.1. The van der Waals surface area contributed by atoms with Crippen molar-refractivity contribution < 1.29 is 9.53 Å². The fourth-order valence-corrected chi connectivity index (χ4v) is 2.62. The van der Waals surface area contributed by atoms with Gasteiger partial charge in [-0.3, -0.25) is 0 Å². The highest BCUT2D eigenvalue weighted by atomic mass is 16.6. The summed E-state index contributed by atoms with van der Waals surface area (Å²) in [6.07, 6.45) is 1.74. The van der Waals surface area contributed by atoms with Gasteiger partial charge in [-0.1, -0.05) is 6.07 Å². The Hall–Kier alpha value is -2.69. The van der Waals surface area contributed by atoms with Crippen molar-refractivity contribution in [3.05, 3.63) is 52.0 Å². The smallest absolute Gasteiger partial charge is 0.363 e. The van der Waals surface area contributed by atoms with E-state index in [1.54, 1.807) is 13.0 Å². The zero-order valence-corrected chi connectivity index (χ0v) is 14.0. The minimum absolute atomic E-state index is 0.313. The Kier molecular flexibility index (Phi) is 3.64. The number of aromatic nitrogens is 2. The molecular formula is C18H19N3O2. The third-order valence-electron chi connectivity index (χ3n) is 4.09. The van der Waals surface area contributed by atoms with E-state index in [-0.39, 0.29) is 0 Å². The van der Waals surface area contributed by atoms with Gasteiger partial charge in [0, 0.05) is 18.2 Å². The summed E-state index contributed by atoms with van der Waals surface area (Å²) in [4.78, 5) is 15.9. The first-order valence-electron chi connectivity index (χ1n) is 7.50.